The molecule has 6 nitrogen and oxygen atoms in total. The normalized spacial score (nSPS) is 17.8. The third-order valence-corrected chi connectivity index (χ3v) is 5.97. The van der Waals surface area contributed by atoms with Gasteiger partial charge in [-0.05, 0) is 60.7 Å². The van der Waals surface area contributed by atoms with Gasteiger partial charge in [-0.1, -0.05) is 41.9 Å². The fraction of sp³-hybridized carbons (Fsp3) is 0.385. The standard InChI is InChI=1S/C26H30BrNO5/c1-16(2)15-33-21-10-9-19(13-17(21)3)24(29)22-23(18-7-5-8-20(27)14-18)28(11-6-12-32-4)26(31)25(22)30/h5,7-10,13-14,16,23,29H,6,11-12,15H2,1-4H3/t23-/m1/s1. The van der Waals surface area contributed by atoms with Crippen LogP contribution in [0.4, 0.5) is 0 Å². The van der Waals surface area contributed by atoms with Gasteiger partial charge in [-0.15, -0.1) is 0 Å². The second-order valence-electron chi connectivity index (χ2n) is 8.58. The molecule has 7 heteroatoms. The van der Waals surface area contributed by atoms with E-state index in [2.05, 4.69) is 29.8 Å². The molecule has 3 rings (SSSR count). The van der Waals surface area contributed by atoms with Gasteiger partial charge < -0.3 is 19.5 Å². The van der Waals surface area contributed by atoms with Gasteiger partial charge in [-0.3, -0.25) is 9.59 Å². The molecule has 33 heavy (non-hydrogen) atoms. The number of methoxy groups -OCH3 is 1. The molecule has 0 unspecified atom stereocenters. The summed E-state index contributed by atoms with van der Waals surface area (Å²) in [7, 11) is 1.59. The van der Waals surface area contributed by atoms with Crippen LogP contribution in [0.1, 0.15) is 43.0 Å². The van der Waals surface area contributed by atoms with Crippen LogP contribution in [0.5, 0.6) is 5.75 Å². The van der Waals surface area contributed by atoms with E-state index in [9.17, 15) is 14.7 Å². The van der Waals surface area contributed by atoms with Crippen LogP contribution in [0.15, 0.2) is 52.5 Å². The van der Waals surface area contributed by atoms with Crippen LogP contribution in [-0.4, -0.2) is 48.6 Å². The van der Waals surface area contributed by atoms with Crippen LogP contribution >= 0.6 is 15.9 Å². The van der Waals surface area contributed by atoms with E-state index in [1.807, 2.05) is 31.2 Å². The maximum Gasteiger partial charge on any atom is 0.295 e. The topological polar surface area (TPSA) is 76.1 Å². The minimum atomic E-state index is -0.687. The molecule has 0 aliphatic carbocycles. The number of hydrogen-bond acceptors (Lipinski definition) is 5. The average molecular weight is 516 g/mol. The molecule has 1 aliphatic rings. The van der Waals surface area contributed by atoms with E-state index in [0.717, 1.165) is 21.3 Å². The lowest BCUT2D eigenvalue weighted by Crippen LogP contribution is -2.31. The molecular weight excluding hydrogens is 486 g/mol. The second-order valence-corrected chi connectivity index (χ2v) is 9.49. The van der Waals surface area contributed by atoms with E-state index < -0.39 is 17.7 Å². The minimum Gasteiger partial charge on any atom is -0.507 e. The van der Waals surface area contributed by atoms with Crippen LogP contribution in [-0.2, 0) is 14.3 Å². The first-order valence-electron chi connectivity index (χ1n) is 11.0. The molecule has 1 aliphatic heterocycles. The molecule has 1 amide bonds. The van der Waals surface area contributed by atoms with Gasteiger partial charge in [-0.2, -0.15) is 0 Å². The van der Waals surface area contributed by atoms with E-state index >= 15 is 0 Å². The molecular formula is C26H30BrNO5. The van der Waals surface area contributed by atoms with Crippen LogP contribution in [0.2, 0.25) is 0 Å². The molecule has 1 saturated heterocycles. The van der Waals surface area contributed by atoms with E-state index in [1.54, 1.807) is 25.3 Å². The minimum absolute atomic E-state index is 0.0887. The van der Waals surface area contributed by atoms with E-state index in [0.29, 0.717) is 37.7 Å². The molecule has 0 spiro atoms. The number of carbonyl (C=O) groups excluding carboxylic acids is 2. The smallest absolute Gasteiger partial charge is 0.295 e. The first-order chi connectivity index (χ1) is 15.7. The summed E-state index contributed by atoms with van der Waals surface area (Å²) >= 11 is 3.47. The maximum atomic E-state index is 13.1. The third kappa shape index (κ3) is 5.65. The number of likely N-dealkylation sites (tertiary alicyclic amines) is 1. The number of Topliss-reactive ketones (excluding diaryl/α,β-unsaturated/α-hetero) is 1. The molecule has 176 valence electrons. The first-order valence-corrected chi connectivity index (χ1v) is 11.8. The number of rotatable bonds is 9. The van der Waals surface area contributed by atoms with Gasteiger partial charge in [0.05, 0.1) is 18.2 Å². The summed E-state index contributed by atoms with van der Waals surface area (Å²) in [5, 5.41) is 11.2. The molecule has 0 radical (unpaired) electrons. The van der Waals surface area contributed by atoms with Crippen molar-refractivity contribution in [3.05, 3.63) is 69.2 Å². The molecule has 2 aromatic carbocycles. The number of benzene rings is 2. The number of halogens is 1. The Bertz CT molecular complexity index is 1060. The lowest BCUT2D eigenvalue weighted by Gasteiger charge is -2.25. The van der Waals surface area contributed by atoms with Gasteiger partial charge in [0.25, 0.3) is 11.7 Å². The third-order valence-electron chi connectivity index (χ3n) is 5.47. The number of carbonyl (C=O) groups is 2. The maximum absolute atomic E-state index is 13.1. The number of ketones is 1. The van der Waals surface area contributed by atoms with Crippen molar-refractivity contribution in [3.63, 3.8) is 0 Å². The zero-order valence-corrected chi connectivity index (χ0v) is 21.0. The lowest BCUT2D eigenvalue weighted by atomic mass is 9.94. The van der Waals surface area contributed by atoms with Crippen molar-refractivity contribution in [2.24, 2.45) is 5.92 Å². The largest absolute Gasteiger partial charge is 0.507 e. The molecule has 1 heterocycles. The molecule has 0 bridgehead atoms. The summed E-state index contributed by atoms with van der Waals surface area (Å²) in [6.45, 7) is 7.42. The Hall–Kier alpha value is -2.64. The van der Waals surface area contributed by atoms with Crippen molar-refractivity contribution in [1.29, 1.82) is 0 Å². The summed E-state index contributed by atoms with van der Waals surface area (Å²) in [6, 6.07) is 12.0. The van der Waals surface area contributed by atoms with Crippen molar-refractivity contribution >= 4 is 33.4 Å². The van der Waals surface area contributed by atoms with Gasteiger partial charge >= 0.3 is 0 Å². The predicted octanol–water partition coefficient (Wildman–Crippen LogP) is 5.25. The molecule has 1 N–H and O–H groups in total. The number of nitrogens with zero attached hydrogens (tertiary/aromatic N) is 1. The van der Waals surface area contributed by atoms with Crippen LogP contribution < -0.4 is 4.74 Å². The fourth-order valence-electron chi connectivity index (χ4n) is 3.88. The zero-order chi connectivity index (χ0) is 24.1. The van der Waals surface area contributed by atoms with E-state index in [4.69, 9.17) is 9.47 Å². The summed E-state index contributed by atoms with van der Waals surface area (Å²) in [6.07, 6.45) is 0.578. The van der Waals surface area contributed by atoms with Gasteiger partial charge in [0.2, 0.25) is 0 Å². The quantitative estimate of drug-likeness (QED) is 0.213. The van der Waals surface area contributed by atoms with Crippen molar-refractivity contribution in [2.75, 3.05) is 26.9 Å². The Morgan fingerprint density at radius 3 is 2.58 bits per heavy atom. The number of aryl methyl sites for hydroxylation is 1. The summed E-state index contributed by atoms with van der Waals surface area (Å²) in [5.41, 5.74) is 2.15. The Kier molecular flexibility index (Phi) is 8.32. The highest BCUT2D eigenvalue weighted by Gasteiger charge is 2.45. The highest BCUT2D eigenvalue weighted by atomic mass is 79.9. The molecule has 2 aromatic rings. The summed E-state index contributed by atoms with van der Waals surface area (Å²) in [4.78, 5) is 27.5. The fourth-order valence-corrected chi connectivity index (χ4v) is 4.30. The lowest BCUT2D eigenvalue weighted by molar-refractivity contribution is -0.140. The second kappa shape index (κ2) is 11.0. The monoisotopic (exact) mass is 515 g/mol. The predicted molar refractivity (Wildman–Crippen MR) is 131 cm³/mol. The average Bonchev–Trinajstić information content (AvgIpc) is 3.03. The van der Waals surface area contributed by atoms with Gasteiger partial charge in [0, 0.05) is 30.3 Å². The van der Waals surface area contributed by atoms with E-state index in [1.165, 1.54) is 4.90 Å². The van der Waals surface area contributed by atoms with Crippen LogP contribution in [0.25, 0.3) is 5.76 Å². The Balaban J connectivity index is 2.06. The number of ether oxygens (including phenoxy) is 2. The van der Waals surface area contributed by atoms with Crippen molar-refractivity contribution in [2.45, 2.75) is 33.2 Å². The van der Waals surface area contributed by atoms with E-state index in [-0.39, 0.29) is 11.3 Å². The number of hydrogen-bond donors (Lipinski definition) is 1. The van der Waals surface area contributed by atoms with Crippen molar-refractivity contribution in [3.8, 4) is 5.75 Å². The number of aliphatic hydroxyl groups is 1. The van der Waals surface area contributed by atoms with Gasteiger partial charge in [-0.25, -0.2) is 0 Å². The first kappa shape index (κ1) is 25.0. The van der Waals surface area contributed by atoms with Crippen LogP contribution in [0.3, 0.4) is 0 Å². The molecule has 0 aromatic heterocycles. The Labute approximate surface area is 203 Å². The SMILES string of the molecule is COCCCN1C(=O)C(=O)C(=C(O)c2ccc(OCC(C)C)c(C)c2)[C@H]1c1cccc(Br)c1. The molecule has 0 saturated carbocycles. The number of amides is 1. The Morgan fingerprint density at radius 2 is 1.94 bits per heavy atom. The van der Waals surface area contributed by atoms with Crippen molar-refractivity contribution in [1.82, 2.24) is 4.90 Å². The summed E-state index contributed by atoms with van der Waals surface area (Å²) in [5.74, 6) is -0.384. The summed E-state index contributed by atoms with van der Waals surface area (Å²) < 4.78 is 11.8. The highest BCUT2D eigenvalue weighted by Crippen LogP contribution is 2.40. The van der Waals surface area contributed by atoms with Crippen LogP contribution in [0, 0.1) is 12.8 Å². The number of aliphatic hydroxyl groups excluding tert-OH is 1. The zero-order valence-electron chi connectivity index (χ0n) is 19.4. The van der Waals surface area contributed by atoms with Gasteiger partial charge in [0.1, 0.15) is 11.5 Å². The highest BCUT2D eigenvalue weighted by molar-refractivity contribution is 9.10. The van der Waals surface area contributed by atoms with Crippen molar-refractivity contribution < 1.29 is 24.2 Å². The molecule has 1 fully saturated rings. The van der Waals surface area contributed by atoms with Gasteiger partial charge in [0.15, 0.2) is 0 Å². The molecule has 1 atom stereocenters. The Morgan fingerprint density at radius 1 is 1.18 bits per heavy atom.